The largest absolute Gasteiger partial charge is 0.465 e. The van der Waals surface area contributed by atoms with Crippen LogP contribution in [0.3, 0.4) is 0 Å². The second-order valence-corrected chi connectivity index (χ2v) is 2.47. The Bertz CT molecular complexity index is 394. The monoisotopic (exact) mass is 223 g/mol. The van der Waals surface area contributed by atoms with Gasteiger partial charge in [-0.15, -0.1) is 0 Å². The van der Waals surface area contributed by atoms with Gasteiger partial charge in [0.05, 0.1) is 13.3 Å². The number of rotatable bonds is 2. The van der Waals surface area contributed by atoms with E-state index in [9.17, 15) is 22.4 Å². The van der Waals surface area contributed by atoms with E-state index < -0.39 is 35.3 Å². The fourth-order valence-electron chi connectivity index (χ4n) is 0.922. The molecule has 0 unspecified atom stereocenters. The van der Waals surface area contributed by atoms with Crippen LogP contribution < -0.4 is 0 Å². The summed E-state index contributed by atoms with van der Waals surface area (Å²) in [4.78, 5) is 13.7. The van der Waals surface area contributed by atoms with E-state index in [1.807, 2.05) is 0 Å². The number of hydrogen-bond donors (Lipinski definition) is 0. The van der Waals surface area contributed by atoms with Gasteiger partial charge in [0.1, 0.15) is 11.3 Å². The smallest absolute Gasteiger partial charge is 0.344 e. The van der Waals surface area contributed by atoms with Gasteiger partial charge in [0.15, 0.2) is 11.6 Å². The molecule has 1 aromatic heterocycles. The summed E-state index contributed by atoms with van der Waals surface area (Å²) in [6.45, 7) is 0. The minimum absolute atomic E-state index is 0.344. The molecule has 0 amide bonds. The molecule has 82 valence electrons. The van der Waals surface area contributed by atoms with Crippen molar-refractivity contribution < 1.29 is 27.1 Å². The molecule has 1 aromatic rings. The van der Waals surface area contributed by atoms with Gasteiger partial charge >= 0.3 is 5.97 Å². The third-order valence-corrected chi connectivity index (χ3v) is 1.60. The molecular weight excluding hydrogens is 218 g/mol. The molecule has 0 aliphatic rings. The summed E-state index contributed by atoms with van der Waals surface area (Å²) < 4.78 is 54.3. The predicted molar refractivity (Wildman–Crippen MR) is 40.4 cm³/mol. The minimum atomic E-state index is -3.23. The van der Waals surface area contributed by atoms with Crippen LogP contribution in [-0.4, -0.2) is 18.1 Å². The van der Waals surface area contributed by atoms with E-state index in [0.717, 1.165) is 7.11 Å². The fourth-order valence-corrected chi connectivity index (χ4v) is 0.922. The molecule has 0 N–H and O–H groups in total. The third kappa shape index (κ3) is 2.05. The average Bonchev–Trinajstić information content (AvgIpc) is 2.16. The van der Waals surface area contributed by atoms with Gasteiger partial charge in [-0.25, -0.2) is 27.3 Å². The first kappa shape index (κ1) is 11.4. The summed E-state index contributed by atoms with van der Waals surface area (Å²) in [7, 11) is 0.879. The van der Waals surface area contributed by atoms with E-state index in [-0.39, 0.29) is 0 Å². The van der Waals surface area contributed by atoms with Crippen LogP contribution in [0.25, 0.3) is 0 Å². The Morgan fingerprint density at radius 2 is 2.07 bits per heavy atom. The highest BCUT2D eigenvalue weighted by Gasteiger charge is 2.26. The lowest BCUT2D eigenvalue weighted by atomic mass is 10.2. The number of carbonyl (C=O) groups excluding carboxylic acids is 1. The molecule has 0 radical (unpaired) electrons. The fraction of sp³-hybridized carbons (Fsp3) is 0.250. The second-order valence-electron chi connectivity index (χ2n) is 2.47. The zero-order chi connectivity index (χ0) is 11.6. The highest BCUT2D eigenvalue weighted by Crippen LogP contribution is 2.23. The molecule has 0 saturated carbocycles. The summed E-state index contributed by atoms with van der Waals surface area (Å²) in [5, 5.41) is 0. The van der Waals surface area contributed by atoms with Gasteiger partial charge in [-0.3, -0.25) is 0 Å². The van der Waals surface area contributed by atoms with Gasteiger partial charge in [-0.05, 0) is 0 Å². The lowest BCUT2D eigenvalue weighted by molar-refractivity contribution is 0.0587. The van der Waals surface area contributed by atoms with Crippen LogP contribution in [0.1, 0.15) is 22.5 Å². The lowest BCUT2D eigenvalue weighted by Gasteiger charge is -2.06. The molecule has 0 aliphatic carbocycles. The number of nitrogens with zero attached hydrogens (tertiary/aromatic N) is 1. The molecule has 3 nitrogen and oxygen atoms in total. The zero-order valence-electron chi connectivity index (χ0n) is 7.43. The normalized spacial score (nSPS) is 10.5. The Morgan fingerprint density at radius 1 is 1.47 bits per heavy atom. The number of methoxy groups -OCH3 is 1. The third-order valence-electron chi connectivity index (χ3n) is 1.60. The molecule has 0 aromatic carbocycles. The van der Waals surface area contributed by atoms with Crippen molar-refractivity contribution in [1.82, 2.24) is 4.98 Å². The van der Waals surface area contributed by atoms with Crippen LogP contribution >= 0.6 is 0 Å². The molecular formula is C8H5F4NO2. The summed E-state index contributed by atoms with van der Waals surface area (Å²) in [5.74, 6) is -4.41. The number of halogens is 4. The van der Waals surface area contributed by atoms with Crippen LogP contribution in [0.15, 0.2) is 6.20 Å². The Kier molecular flexibility index (Phi) is 3.23. The second kappa shape index (κ2) is 4.24. The van der Waals surface area contributed by atoms with Crippen LogP contribution in [-0.2, 0) is 4.74 Å². The standard InChI is InChI=1S/C8H5F4NO2/c1-15-8(14)4-3(9)2-13-6(5(4)10)7(11)12/h2,7H,1H3. The molecule has 0 spiro atoms. The Balaban J connectivity index is 3.36. The van der Waals surface area contributed by atoms with E-state index in [1.165, 1.54) is 0 Å². The van der Waals surface area contributed by atoms with Crippen LogP contribution in [0.2, 0.25) is 0 Å². The molecule has 0 aliphatic heterocycles. The van der Waals surface area contributed by atoms with Crippen LogP contribution in [0.5, 0.6) is 0 Å². The van der Waals surface area contributed by atoms with Crippen molar-refractivity contribution in [2.24, 2.45) is 0 Å². The van der Waals surface area contributed by atoms with Gasteiger partial charge < -0.3 is 4.74 Å². The maximum atomic E-state index is 13.1. The summed E-state index contributed by atoms with van der Waals surface area (Å²) in [6, 6.07) is 0. The first-order valence-electron chi connectivity index (χ1n) is 3.69. The number of alkyl halides is 2. The maximum absolute atomic E-state index is 13.1. The van der Waals surface area contributed by atoms with Crippen molar-refractivity contribution >= 4 is 5.97 Å². The van der Waals surface area contributed by atoms with Crippen molar-refractivity contribution in [3.8, 4) is 0 Å². The van der Waals surface area contributed by atoms with Gasteiger partial charge in [0.25, 0.3) is 6.43 Å². The number of ether oxygens (including phenoxy) is 1. The van der Waals surface area contributed by atoms with E-state index in [2.05, 4.69) is 9.72 Å². The predicted octanol–water partition coefficient (Wildman–Crippen LogP) is 2.08. The average molecular weight is 223 g/mol. The van der Waals surface area contributed by atoms with Gasteiger partial charge in [0, 0.05) is 0 Å². The van der Waals surface area contributed by atoms with E-state index in [4.69, 9.17) is 0 Å². The number of pyridine rings is 1. The Morgan fingerprint density at radius 3 is 2.53 bits per heavy atom. The van der Waals surface area contributed by atoms with E-state index in [1.54, 1.807) is 0 Å². The van der Waals surface area contributed by atoms with Gasteiger partial charge in [0.2, 0.25) is 0 Å². The lowest BCUT2D eigenvalue weighted by Crippen LogP contribution is -2.11. The molecule has 1 heterocycles. The summed E-state index contributed by atoms with van der Waals surface area (Å²) in [5.41, 5.74) is -2.44. The minimum Gasteiger partial charge on any atom is -0.465 e. The molecule has 0 atom stereocenters. The highest BCUT2D eigenvalue weighted by atomic mass is 19.3. The van der Waals surface area contributed by atoms with Crippen molar-refractivity contribution in [3.63, 3.8) is 0 Å². The van der Waals surface area contributed by atoms with Crippen molar-refractivity contribution in [2.45, 2.75) is 6.43 Å². The maximum Gasteiger partial charge on any atom is 0.344 e. The molecule has 1 rings (SSSR count). The molecule has 15 heavy (non-hydrogen) atoms. The van der Waals surface area contributed by atoms with Crippen LogP contribution in [0.4, 0.5) is 17.6 Å². The van der Waals surface area contributed by atoms with E-state index >= 15 is 0 Å². The first-order valence-corrected chi connectivity index (χ1v) is 3.69. The number of carbonyl (C=O) groups is 1. The molecule has 0 saturated heterocycles. The SMILES string of the molecule is COC(=O)c1c(F)cnc(C(F)F)c1F. The van der Waals surface area contributed by atoms with Crippen LogP contribution in [0, 0.1) is 11.6 Å². The summed E-state index contributed by atoms with van der Waals surface area (Å²) >= 11 is 0. The topological polar surface area (TPSA) is 39.2 Å². The Labute approximate surface area is 81.7 Å². The molecule has 7 heteroatoms. The molecule has 0 fully saturated rings. The quantitative estimate of drug-likeness (QED) is 0.569. The number of esters is 1. The zero-order valence-corrected chi connectivity index (χ0v) is 7.43. The Hall–Kier alpha value is -1.66. The highest BCUT2D eigenvalue weighted by molar-refractivity contribution is 5.89. The van der Waals surface area contributed by atoms with Crippen molar-refractivity contribution in [1.29, 1.82) is 0 Å². The first-order chi connectivity index (χ1) is 6.99. The van der Waals surface area contributed by atoms with Gasteiger partial charge in [-0.2, -0.15) is 0 Å². The number of aromatic nitrogens is 1. The summed E-state index contributed by atoms with van der Waals surface area (Å²) in [6.07, 6.45) is -2.88. The van der Waals surface area contributed by atoms with Crippen molar-refractivity contribution in [2.75, 3.05) is 7.11 Å². The van der Waals surface area contributed by atoms with Gasteiger partial charge in [-0.1, -0.05) is 0 Å². The van der Waals surface area contributed by atoms with Crippen molar-refractivity contribution in [3.05, 3.63) is 29.1 Å². The molecule has 0 bridgehead atoms. The number of hydrogen-bond acceptors (Lipinski definition) is 3. The van der Waals surface area contributed by atoms with E-state index in [0.29, 0.717) is 6.20 Å².